The molecule has 2 rings (SSSR count). The molecule has 1 fully saturated rings. The summed E-state index contributed by atoms with van der Waals surface area (Å²) >= 11 is 0. The fourth-order valence-electron chi connectivity index (χ4n) is 2.96. The number of methoxy groups -OCH3 is 1. The highest BCUT2D eigenvalue weighted by atomic mass is 19.1. The molecule has 0 radical (unpaired) electrons. The van der Waals surface area contributed by atoms with Crippen molar-refractivity contribution in [3.8, 4) is 0 Å². The number of unbranched alkanes of at least 4 members (excludes halogenated alkanes) is 2. The van der Waals surface area contributed by atoms with E-state index in [1.165, 1.54) is 13.2 Å². The fourth-order valence-corrected chi connectivity index (χ4v) is 2.96. The van der Waals surface area contributed by atoms with Gasteiger partial charge in [0.2, 0.25) is 0 Å². The van der Waals surface area contributed by atoms with Gasteiger partial charge in [0.15, 0.2) is 5.96 Å². The number of nitrogens with one attached hydrogen (secondary N) is 2. The van der Waals surface area contributed by atoms with E-state index in [0.717, 1.165) is 56.7 Å². The van der Waals surface area contributed by atoms with Gasteiger partial charge in [0, 0.05) is 24.9 Å². The molecule has 1 aliphatic rings. The number of carbonyl (C=O) groups excluding carboxylic acids is 1. The van der Waals surface area contributed by atoms with Gasteiger partial charge in [-0.05, 0) is 50.3 Å². The summed E-state index contributed by atoms with van der Waals surface area (Å²) in [6.07, 6.45) is 5.34. The number of nitrogens with zero attached hydrogens (tertiary/aromatic N) is 1. The second kappa shape index (κ2) is 10.1. The van der Waals surface area contributed by atoms with E-state index in [-0.39, 0.29) is 17.2 Å². The van der Waals surface area contributed by atoms with E-state index >= 15 is 0 Å². The third-order valence-electron chi connectivity index (χ3n) is 4.75. The predicted octanol–water partition coefficient (Wildman–Crippen LogP) is 3.15. The van der Waals surface area contributed by atoms with Gasteiger partial charge in [-0.1, -0.05) is 18.6 Å². The summed E-state index contributed by atoms with van der Waals surface area (Å²) in [4.78, 5) is 15.8. The van der Waals surface area contributed by atoms with Crippen LogP contribution in [-0.4, -0.2) is 38.7 Å². The first-order chi connectivity index (χ1) is 12.6. The summed E-state index contributed by atoms with van der Waals surface area (Å²) in [5.74, 6) is 0.456. The average molecular weight is 363 g/mol. The molecule has 0 atom stereocenters. The van der Waals surface area contributed by atoms with Crippen LogP contribution in [0.2, 0.25) is 0 Å². The van der Waals surface area contributed by atoms with Crippen LogP contribution >= 0.6 is 0 Å². The lowest BCUT2D eigenvalue weighted by molar-refractivity contribution is -0.140. The number of esters is 1. The molecule has 0 heterocycles. The Morgan fingerprint density at radius 2 is 2.08 bits per heavy atom. The maximum atomic E-state index is 13.5. The quantitative estimate of drug-likeness (QED) is 0.290. The van der Waals surface area contributed by atoms with Gasteiger partial charge in [0.05, 0.1) is 13.7 Å². The summed E-state index contributed by atoms with van der Waals surface area (Å²) in [6, 6.07) is 6.87. The van der Waals surface area contributed by atoms with E-state index < -0.39 is 0 Å². The lowest BCUT2D eigenvalue weighted by Crippen LogP contribution is -2.38. The zero-order chi connectivity index (χ0) is 18.8. The van der Waals surface area contributed by atoms with Crippen molar-refractivity contribution in [3.05, 3.63) is 35.6 Å². The molecule has 1 saturated carbocycles. The van der Waals surface area contributed by atoms with Crippen molar-refractivity contribution in [2.24, 2.45) is 4.99 Å². The number of halogens is 1. The number of rotatable bonds is 10. The molecule has 1 aromatic rings. The SMILES string of the molecule is CCNC(=NCC1(c2cccc(F)c2)CC1)NCCCCCC(=O)OC. The number of ether oxygens (including phenoxy) is 1. The Morgan fingerprint density at radius 3 is 2.73 bits per heavy atom. The van der Waals surface area contributed by atoms with Gasteiger partial charge in [-0.3, -0.25) is 9.79 Å². The standard InChI is InChI=1S/C20H30FN3O2/c1-3-22-19(23-13-6-4-5-10-18(25)26-2)24-15-20(11-12-20)16-8-7-9-17(21)14-16/h7-9,14H,3-6,10-13,15H2,1-2H3,(H2,22,23,24). The minimum atomic E-state index is -0.185. The molecule has 0 bridgehead atoms. The van der Waals surface area contributed by atoms with Crippen LogP contribution in [0.25, 0.3) is 0 Å². The summed E-state index contributed by atoms with van der Waals surface area (Å²) < 4.78 is 18.1. The number of benzene rings is 1. The van der Waals surface area contributed by atoms with Gasteiger partial charge in [-0.25, -0.2) is 4.39 Å². The third kappa shape index (κ3) is 6.32. The van der Waals surface area contributed by atoms with Crippen LogP contribution in [0.1, 0.15) is 51.0 Å². The molecular weight excluding hydrogens is 333 g/mol. The largest absolute Gasteiger partial charge is 0.469 e. The van der Waals surface area contributed by atoms with Crippen molar-refractivity contribution < 1.29 is 13.9 Å². The summed E-state index contributed by atoms with van der Waals surface area (Å²) in [5.41, 5.74) is 1.03. The molecule has 6 heteroatoms. The molecular formula is C20H30FN3O2. The highest BCUT2D eigenvalue weighted by Gasteiger charge is 2.44. The third-order valence-corrected chi connectivity index (χ3v) is 4.75. The molecule has 0 unspecified atom stereocenters. The highest BCUT2D eigenvalue weighted by molar-refractivity contribution is 5.79. The maximum Gasteiger partial charge on any atom is 0.305 e. The molecule has 5 nitrogen and oxygen atoms in total. The van der Waals surface area contributed by atoms with E-state index in [0.29, 0.717) is 13.0 Å². The minimum absolute atomic E-state index is 0.00896. The lowest BCUT2D eigenvalue weighted by Gasteiger charge is -2.16. The van der Waals surface area contributed by atoms with E-state index in [2.05, 4.69) is 15.4 Å². The van der Waals surface area contributed by atoms with Crippen LogP contribution in [0, 0.1) is 5.82 Å². The first kappa shape index (κ1) is 20.2. The van der Waals surface area contributed by atoms with Crippen molar-refractivity contribution in [2.75, 3.05) is 26.7 Å². The zero-order valence-electron chi connectivity index (χ0n) is 15.8. The smallest absolute Gasteiger partial charge is 0.305 e. The molecule has 0 spiro atoms. The Bertz CT molecular complexity index is 615. The average Bonchev–Trinajstić information content (AvgIpc) is 3.43. The molecule has 1 aromatic carbocycles. The molecule has 0 aliphatic heterocycles. The van der Waals surface area contributed by atoms with Crippen LogP contribution < -0.4 is 10.6 Å². The monoisotopic (exact) mass is 363 g/mol. The van der Waals surface area contributed by atoms with Crippen molar-refractivity contribution in [3.63, 3.8) is 0 Å². The van der Waals surface area contributed by atoms with Gasteiger partial charge in [0.1, 0.15) is 5.82 Å². The van der Waals surface area contributed by atoms with Crippen LogP contribution in [-0.2, 0) is 14.9 Å². The zero-order valence-corrected chi connectivity index (χ0v) is 15.8. The van der Waals surface area contributed by atoms with Crippen LogP contribution in [0.4, 0.5) is 4.39 Å². The van der Waals surface area contributed by atoms with Crippen molar-refractivity contribution in [1.82, 2.24) is 10.6 Å². The summed E-state index contributed by atoms with van der Waals surface area (Å²) in [7, 11) is 1.42. The fraction of sp³-hybridized carbons (Fsp3) is 0.600. The van der Waals surface area contributed by atoms with Crippen molar-refractivity contribution in [2.45, 2.75) is 50.9 Å². The first-order valence-electron chi connectivity index (χ1n) is 9.45. The van der Waals surface area contributed by atoms with Crippen LogP contribution in [0.5, 0.6) is 0 Å². The van der Waals surface area contributed by atoms with E-state index in [4.69, 9.17) is 4.99 Å². The molecule has 144 valence electrons. The molecule has 26 heavy (non-hydrogen) atoms. The van der Waals surface area contributed by atoms with Crippen LogP contribution in [0.15, 0.2) is 29.3 Å². The second-order valence-electron chi connectivity index (χ2n) is 6.80. The van der Waals surface area contributed by atoms with E-state index in [1.54, 1.807) is 12.1 Å². The van der Waals surface area contributed by atoms with Gasteiger partial charge in [-0.2, -0.15) is 0 Å². The van der Waals surface area contributed by atoms with Crippen molar-refractivity contribution >= 4 is 11.9 Å². The van der Waals surface area contributed by atoms with Gasteiger partial charge >= 0.3 is 5.97 Å². The Kier molecular flexibility index (Phi) is 7.88. The number of carbonyl (C=O) groups is 1. The molecule has 0 saturated heterocycles. The van der Waals surface area contributed by atoms with E-state index in [1.807, 2.05) is 13.0 Å². The van der Waals surface area contributed by atoms with Gasteiger partial charge in [-0.15, -0.1) is 0 Å². The van der Waals surface area contributed by atoms with Gasteiger partial charge in [0.25, 0.3) is 0 Å². The second-order valence-corrected chi connectivity index (χ2v) is 6.80. The minimum Gasteiger partial charge on any atom is -0.469 e. The Morgan fingerprint density at radius 1 is 1.27 bits per heavy atom. The molecule has 1 aliphatic carbocycles. The Hall–Kier alpha value is -2.11. The molecule has 0 aromatic heterocycles. The predicted molar refractivity (Wildman–Crippen MR) is 102 cm³/mol. The number of aliphatic imine (C=N–C) groups is 1. The first-order valence-corrected chi connectivity index (χ1v) is 9.45. The number of hydrogen-bond donors (Lipinski definition) is 2. The highest BCUT2D eigenvalue weighted by Crippen LogP contribution is 2.48. The lowest BCUT2D eigenvalue weighted by atomic mass is 9.96. The number of guanidine groups is 1. The normalized spacial score (nSPS) is 15.4. The summed E-state index contributed by atoms with van der Waals surface area (Å²) in [5, 5.41) is 6.59. The maximum absolute atomic E-state index is 13.5. The molecule has 0 amide bonds. The van der Waals surface area contributed by atoms with Gasteiger partial charge < -0.3 is 15.4 Å². The topological polar surface area (TPSA) is 62.7 Å². The van der Waals surface area contributed by atoms with Crippen molar-refractivity contribution in [1.29, 1.82) is 0 Å². The Balaban J connectivity index is 1.78. The van der Waals surface area contributed by atoms with Crippen LogP contribution in [0.3, 0.4) is 0 Å². The number of hydrogen-bond acceptors (Lipinski definition) is 3. The Labute approximate surface area is 155 Å². The van der Waals surface area contributed by atoms with E-state index in [9.17, 15) is 9.18 Å². The summed E-state index contributed by atoms with van der Waals surface area (Å²) in [6.45, 7) is 4.29. The molecule has 2 N–H and O–H groups in total.